The predicted molar refractivity (Wildman–Crippen MR) is 105 cm³/mol. The van der Waals surface area contributed by atoms with Crippen molar-refractivity contribution >= 4 is 34.3 Å². The van der Waals surface area contributed by atoms with Gasteiger partial charge in [0, 0.05) is 18.3 Å². The van der Waals surface area contributed by atoms with E-state index in [0.29, 0.717) is 35.3 Å². The number of carbonyl (C=O) groups is 2. The summed E-state index contributed by atoms with van der Waals surface area (Å²) in [5, 5.41) is 6.23. The lowest BCUT2D eigenvalue weighted by atomic mass is 10.0. The highest BCUT2D eigenvalue weighted by Crippen LogP contribution is 2.36. The Kier molecular flexibility index (Phi) is 4.72. The van der Waals surface area contributed by atoms with Gasteiger partial charge in [-0.15, -0.1) is 0 Å². The first-order valence-corrected chi connectivity index (χ1v) is 9.33. The first kappa shape index (κ1) is 17.4. The van der Waals surface area contributed by atoms with Crippen molar-refractivity contribution in [3.05, 3.63) is 58.3 Å². The first-order chi connectivity index (χ1) is 13.2. The molecule has 1 aromatic heterocycles. The third kappa shape index (κ3) is 3.48. The number of H-pyrrole nitrogens is 1. The molecule has 2 aliphatic heterocycles. The minimum Gasteiger partial charge on any atom is -0.497 e. The fraction of sp³-hybridized carbons (Fsp3) is 0.211. The van der Waals surface area contributed by atoms with Crippen LogP contribution >= 0.6 is 11.8 Å². The summed E-state index contributed by atoms with van der Waals surface area (Å²) in [6.45, 7) is 0.955. The molecule has 3 N–H and O–H groups in total. The summed E-state index contributed by atoms with van der Waals surface area (Å²) in [6, 6.07) is 9.48. The van der Waals surface area contributed by atoms with E-state index >= 15 is 0 Å². The quantitative estimate of drug-likeness (QED) is 0.710. The SMILES string of the molecule is COc1ccc(CN=C2NC(=O)/C(=C3\CCNC(=O)c4[nH]ccc43)S2)cc1. The van der Waals surface area contributed by atoms with E-state index in [-0.39, 0.29) is 11.8 Å². The molecule has 27 heavy (non-hydrogen) atoms. The maximum atomic E-state index is 12.5. The molecule has 3 heterocycles. The van der Waals surface area contributed by atoms with E-state index in [9.17, 15) is 9.59 Å². The second kappa shape index (κ2) is 7.32. The van der Waals surface area contributed by atoms with Gasteiger partial charge in [0.2, 0.25) is 0 Å². The lowest BCUT2D eigenvalue weighted by Crippen LogP contribution is -2.22. The highest BCUT2D eigenvalue weighted by molar-refractivity contribution is 8.18. The number of hydrogen-bond donors (Lipinski definition) is 3. The zero-order chi connectivity index (χ0) is 18.8. The number of carbonyl (C=O) groups excluding carboxylic acids is 2. The zero-order valence-corrected chi connectivity index (χ0v) is 15.5. The van der Waals surface area contributed by atoms with Gasteiger partial charge >= 0.3 is 0 Å². The number of amides is 2. The average Bonchev–Trinajstić information content (AvgIpc) is 3.27. The summed E-state index contributed by atoms with van der Waals surface area (Å²) < 4.78 is 5.15. The molecule has 8 heteroatoms. The summed E-state index contributed by atoms with van der Waals surface area (Å²) in [7, 11) is 1.63. The molecule has 138 valence electrons. The topological polar surface area (TPSA) is 95.6 Å². The molecule has 7 nitrogen and oxygen atoms in total. The second-order valence-electron chi connectivity index (χ2n) is 6.11. The van der Waals surface area contributed by atoms with Gasteiger partial charge < -0.3 is 20.4 Å². The first-order valence-electron chi connectivity index (χ1n) is 8.51. The number of ether oxygens (including phenoxy) is 1. The number of methoxy groups -OCH3 is 1. The maximum Gasteiger partial charge on any atom is 0.268 e. The number of benzene rings is 1. The van der Waals surface area contributed by atoms with E-state index < -0.39 is 0 Å². The van der Waals surface area contributed by atoms with Gasteiger partial charge in [0.1, 0.15) is 11.4 Å². The molecule has 0 unspecified atom stereocenters. The molecule has 1 fully saturated rings. The van der Waals surface area contributed by atoms with Gasteiger partial charge in [-0.2, -0.15) is 0 Å². The molecule has 2 amide bonds. The van der Waals surface area contributed by atoms with E-state index in [0.717, 1.165) is 22.4 Å². The minimum absolute atomic E-state index is 0.151. The second-order valence-corrected chi connectivity index (χ2v) is 7.10. The fourth-order valence-corrected chi connectivity index (χ4v) is 4.00. The van der Waals surface area contributed by atoms with E-state index in [1.165, 1.54) is 11.8 Å². The Hall–Kier alpha value is -3.00. The summed E-state index contributed by atoms with van der Waals surface area (Å²) >= 11 is 1.32. The van der Waals surface area contributed by atoms with Crippen LogP contribution in [0, 0.1) is 0 Å². The Balaban J connectivity index is 1.57. The highest BCUT2D eigenvalue weighted by Gasteiger charge is 2.30. The largest absolute Gasteiger partial charge is 0.497 e. The number of aliphatic imine (C=N–C) groups is 1. The molecule has 2 aliphatic rings. The molecule has 2 aromatic rings. The van der Waals surface area contributed by atoms with Gasteiger partial charge in [-0.3, -0.25) is 14.6 Å². The third-order valence-corrected chi connectivity index (χ3v) is 5.48. The van der Waals surface area contributed by atoms with Crippen LogP contribution in [0.15, 0.2) is 46.4 Å². The van der Waals surface area contributed by atoms with Crippen LogP contribution in [-0.4, -0.2) is 35.6 Å². The van der Waals surface area contributed by atoms with E-state index in [2.05, 4.69) is 20.6 Å². The lowest BCUT2D eigenvalue weighted by molar-refractivity contribution is -0.115. The number of amidine groups is 1. The maximum absolute atomic E-state index is 12.5. The van der Waals surface area contributed by atoms with E-state index in [4.69, 9.17) is 4.74 Å². The Morgan fingerprint density at radius 1 is 1.15 bits per heavy atom. The van der Waals surface area contributed by atoms with Crippen molar-refractivity contribution in [3.63, 3.8) is 0 Å². The van der Waals surface area contributed by atoms with Crippen LogP contribution in [0.25, 0.3) is 5.57 Å². The van der Waals surface area contributed by atoms with Crippen LogP contribution in [0.2, 0.25) is 0 Å². The van der Waals surface area contributed by atoms with Crippen LogP contribution in [0.1, 0.15) is 28.0 Å². The molecule has 4 rings (SSSR count). The standard InChI is InChI=1S/C19H18N4O3S/c1-26-12-4-2-11(3-5-12)10-22-19-23-18(25)16(27-19)14-7-9-21-17(24)15-13(14)6-8-20-15/h2-6,8,20H,7,9-10H2,1H3,(H,21,24)(H,22,23,25)/b16-14-. The molecule has 0 bridgehead atoms. The van der Waals surface area contributed by atoms with Crippen LogP contribution < -0.4 is 15.4 Å². The lowest BCUT2D eigenvalue weighted by Gasteiger charge is -2.05. The number of nitrogens with zero attached hydrogens (tertiary/aromatic N) is 1. The van der Waals surface area contributed by atoms with Crippen molar-refractivity contribution in [3.8, 4) is 5.75 Å². The van der Waals surface area contributed by atoms with Gasteiger partial charge in [-0.1, -0.05) is 12.1 Å². The van der Waals surface area contributed by atoms with Crippen LogP contribution in [-0.2, 0) is 11.3 Å². The summed E-state index contributed by atoms with van der Waals surface area (Å²) in [4.78, 5) is 32.6. The minimum atomic E-state index is -0.176. The Labute approximate surface area is 160 Å². The molecule has 0 atom stereocenters. The zero-order valence-electron chi connectivity index (χ0n) is 14.7. The summed E-state index contributed by atoms with van der Waals surface area (Å²) in [5.41, 5.74) is 3.16. The third-order valence-electron chi connectivity index (χ3n) is 4.42. The molecule has 1 aromatic carbocycles. The Morgan fingerprint density at radius 2 is 1.96 bits per heavy atom. The highest BCUT2D eigenvalue weighted by atomic mass is 32.2. The molecule has 1 saturated heterocycles. The van der Waals surface area contributed by atoms with Crippen molar-refractivity contribution in [2.75, 3.05) is 13.7 Å². The fourth-order valence-electron chi connectivity index (χ4n) is 3.06. The van der Waals surface area contributed by atoms with Crippen molar-refractivity contribution in [2.24, 2.45) is 4.99 Å². The number of thioether (sulfide) groups is 1. The van der Waals surface area contributed by atoms with Gasteiger partial charge in [-0.25, -0.2) is 0 Å². The molecule has 0 saturated carbocycles. The van der Waals surface area contributed by atoms with Crippen LogP contribution in [0.4, 0.5) is 0 Å². The molecule has 0 radical (unpaired) electrons. The van der Waals surface area contributed by atoms with Gasteiger partial charge in [0.15, 0.2) is 5.17 Å². The smallest absolute Gasteiger partial charge is 0.268 e. The van der Waals surface area contributed by atoms with Crippen molar-refractivity contribution in [1.82, 2.24) is 15.6 Å². The van der Waals surface area contributed by atoms with Crippen LogP contribution in [0.5, 0.6) is 5.75 Å². The number of aromatic amines is 1. The van der Waals surface area contributed by atoms with Crippen molar-refractivity contribution < 1.29 is 14.3 Å². The average molecular weight is 382 g/mol. The normalized spacial score (nSPS) is 20.9. The van der Waals surface area contributed by atoms with Crippen molar-refractivity contribution in [2.45, 2.75) is 13.0 Å². The molecule has 0 aliphatic carbocycles. The number of hydrogen-bond acceptors (Lipinski definition) is 5. The van der Waals surface area contributed by atoms with Crippen molar-refractivity contribution in [1.29, 1.82) is 0 Å². The Morgan fingerprint density at radius 3 is 2.74 bits per heavy atom. The number of aromatic nitrogens is 1. The summed E-state index contributed by atoms with van der Waals surface area (Å²) in [5.74, 6) is 0.466. The van der Waals surface area contributed by atoms with E-state index in [1.54, 1.807) is 13.3 Å². The molecular formula is C19H18N4O3S. The van der Waals surface area contributed by atoms with Gasteiger partial charge in [0.25, 0.3) is 11.8 Å². The Bertz CT molecular complexity index is 960. The van der Waals surface area contributed by atoms with Gasteiger partial charge in [0.05, 0.1) is 18.6 Å². The van der Waals surface area contributed by atoms with Gasteiger partial charge in [-0.05, 0) is 47.5 Å². The number of nitrogens with one attached hydrogen (secondary N) is 3. The van der Waals surface area contributed by atoms with Crippen LogP contribution in [0.3, 0.4) is 0 Å². The molecule has 0 spiro atoms. The molecular weight excluding hydrogens is 364 g/mol. The number of fused-ring (bicyclic) bond motifs is 1. The number of rotatable bonds is 3. The summed E-state index contributed by atoms with van der Waals surface area (Å²) in [6.07, 6.45) is 2.31. The van der Waals surface area contributed by atoms with E-state index in [1.807, 2.05) is 30.3 Å². The monoisotopic (exact) mass is 382 g/mol. The predicted octanol–water partition coefficient (Wildman–Crippen LogP) is 2.29.